The van der Waals surface area contributed by atoms with Crippen molar-refractivity contribution >= 4 is 11.3 Å². The van der Waals surface area contributed by atoms with Gasteiger partial charge in [0.05, 0.1) is 37.1 Å². The number of benzene rings is 1. The van der Waals surface area contributed by atoms with Crippen LogP contribution in [-0.2, 0) is 9.47 Å². The summed E-state index contributed by atoms with van der Waals surface area (Å²) in [4.78, 5) is 4.58. The first-order chi connectivity index (χ1) is 9.36. The third kappa shape index (κ3) is 2.66. The maximum atomic E-state index is 8.91. The summed E-state index contributed by atoms with van der Waals surface area (Å²) in [6.07, 6.45) is -0.0633. The second kappa shape index (κ2) is 5.49. The zero-order valence-corrected chi connectivity index (χ0v) is 11.0. The molecule has 1 saturated heterocycles. The smallest absolute Gasteiger partial charge is 0.132 e. The molecular weight excluding hydrogens is 260 g/mol. The van der Waals surface area contributed by atoms with E-state index in [1.54, 1.807) is 17.4 Å². The van der Waals surface area contributed by atoms with Gasteiger partial charge in [0.2, 0.25) is 0 Å². The molecule has 1 unspecified atom stereocenters. The van der Waals surface area contributed by atoms with Gasteiger partial charge in [-0.1, -0.05) is 12.1 Å². The highest BCUT2D eigenvalue weighted by atomic mass is 32.1. The number of nitrogens with zero attached hydrogens (tertiary/aromatic N) is 2. The Balaban J connectivity index is 1.86. The minimum atomic E-state index is -0.0633. The van der Waals surface area contributed by atoms with Gasteiger partial charge >= 0.3 is 0 Å². The molecule has 3 rings (SSSR count). The van der Waals surface area contributed by atoms with E-state index in [2.05, 4.69) is 11.1 Å². The summed E-state index contributed by atoms with van der Waals surface area (Å²) in [5.41, 5.74) is 2.48. The van der Waals surface area contributed by atoms with E-state index >= 15 is 0 Å². The summed E-state index contributed by atoms with van der Waals surface area (Å²) in [5.74, 6) is 0. The molecule has 5 heteroatoms. The van der Waals surface area contributed by atoms with Gasteiger partial charge in [-0.25, -0.2) is 4.98 Å². The molecule has 4 nitrogen and oxygen atoms in total. The largest absolute Gasteiger partial charge is 0.376 e. The first-order valence-electron chi connectivity index (χ1n) is 6.02. The molecule has 1 aromatic carbocycles. The van der Waals surface area contributed by atoms with E-state index in [1.807, 2.05) is 23.6 Å². The molecule has 2 aromatic rings. The van der Waals surface area contributed by atoms with Crippen molar-refractivity contribution in [1.29, 1.82) is 5.26 Å². The maximum Gasteiger partial charge on any atom is 0.132 e. The quantitative estimate of drug-likeness (QED) is 0.843. The summed E-state index contributed by atoms with van der Waals surface area (Å²) >= 11 is 1.57. The fourth-order valence-corrected chi connectivity index (χ4v) is 2.81. The number of nitriles is 1. The Kier molecular flexibility index (Phi) is 3.56. The fraction of sp³-hybridized carbons (Fsp3) is 0.286. The lowest BCUT2D eigenvalue weighted by molar-refractivity contribution is -0.0901. The van der Waals surface area contributed by atoms with Crippen LogP contribution >= 0.6 is 11.3 Å². The van der Waals surface area contributed by atoms with Gasteiger partial charge in [-0.2, -0.15) is 5.26 Å². The van der Waals surface area contributed by atoms with Gasteiger partial charge in [0.1, 0.15) is 11.1 Å². The Morgan fingerprint density at radius 1 is 1.37 bits per heavy atom. The van der Waals surface area contributed by atoms with Gasteiger partial charge in [0.15, 0.2) is 0 Å². The van der Waals surface area contributed by atoms with Crippen LogP contribution in [0.2, 0.25) is 0 Å². The zero-order chi connectivity index (χ0) is 13.1. The molecule has 0 bridgehead atoms. The van der Waals surface area contributed by atoms with Crippen LogP contribution in [0.5, 0.6) is 0 Å². The van der Waals surface area contributed by atoms with Gasteiger partial charge in [-0.3, -0.25) is 0 Å². The third-order valence-electron chi connectivity index (χ3n) is 2.90. The van der Waals surface area contributed by atoms with Gasteiger partial charge in [-0.15, -0.1) is 11.3 Å². The van der Waals surface area contributed by atoms with E-state index in [0.717, 1.165) is 16.3 Å². The normalized spacial score (nSPS) is 19.0. The van der Waals surface area contributed by atoms with Crippen LogP contribution in [0.3, 0.4) is 0 Å². The fourth-order valence-electron chi connectivity index (χ4n) is 1.95. The molecule has 2 heterocycles. The number of ether oxygens (including phenoxy) is 2. The molecule has 96 valence electrons. The second-order valence-electron chi connectivity index (χ2n) is 4.20. The Morgan fingerprint density at radius 3 is 3.11 bits per heavy atom. The molecule has 1 aliphatic heterocycles. The highest BCUT2D eigenvalue weighted by Gasteiger charge is 2.20. The Hall–Kier alpha value is -1.74. The highest BCUT2D eigenvalue weighted by Crippen LogP contribution is 2.28. The van der Waals surface area contributed by atoms with Gasteiger partial charge in [0, 0.05) is 10.9 Å². The van der Waals surface area contributed by atoms with Crippen LogP contribution in [0, 0.1) is 11.3 Å². The van der Waals surface area contributed by atoms with E-state index in [1.165, 1.54) is 0 Å². The van der Waals surface area contributed by atoms with Crippen molar-refractivity contribution in [2.24, 2.45) is 0 Å². The summed E-state index contributed by atoms with van der Waals surface area (Å²) in [7, 11) is 0. The maximum absolute atomic E-state index is 8.91. The van der Waals surface area contributed by atoms with Crippen LogP contribution < -0.4 is 0 Å². The van der Waals surface area contributed by atoms with Crippen molar-refractivity contribution in [2.75, 3.05) is 19.8 Å². The molecule has 1 aromatic heterocycles. The van der Waals surface area contributed by atoms with Crippen LogP contribution in [0.25, 0.3) is 11.3 Å². The van der Waals surface area contributed by atoms with E-state index in [-0.39, 0.29) is 6.10 Å². The molecule has 0 amide bonds. The van der Waals surface area contributed by atoms with E-state index in [0.29, 0.717) is 25.4 Å². The van der Waals surface area contributed by atoms with Crippen LogP contribution in [-0.4, -0.2) is 24.8 Å². The minimum Gasteiger partial charge on any atom is -0.376 e. The predicted octanol–water partition coefficient (Wildman–Crippen LogP) is 2.77. The van der Waals surface area contributed by atoms with Crippen LogP contribution in [0.4, 0.5) is 0 Å². The predicted molar refractivity (Wildman–Crippen MR) is 71.8 cm³/mol. The van der Waals surface area contributed by atoms with Crippen molar-refractivity contribution in [2.45, 2.75) is 6.10 Å². The summed E-state index contributed by atoms with van der Waals surface area (Å²) in [6, 6.07) is 9.59. The van der Waals surface area contributed by atoms with Crippen molar-refractivity contribution in [3.63, 3.8) is 0 Å². The highest BCUT2D eigenvalue weighted by molar-refractivity contribution is 7.10. The zero-order valence-electron chi connectivity index (χ0n) is 10.2. The Morgan fingerprint density at radius 2 is 2.32 bits per heavy atom. The lowest BCUT2D eigenvalue weighted by atomic mass is 10.1. The van der Waals surface area contributed by atoms with Gasteiger partial charge < -0.3 is 9.47 Å². The topological polar surface area (TPSA) is 55.1 Å². The number of hydrogen-bond donors (Lipinski definition) is 0. The summed E-state index contributed by atoms with van der Waals surface area (Å²) in [5, 5.41) is 11.8. The lowest BCUT2D eigenvalue weighted by Crippen LogP contribution is -2.21. The van der Waals surface area contributed by atoms with Gasteiger partial charge in [-0.05, 0) is 12.1 Å². The molecule has 19 heavy (non-hydrogen) atoms. The van der Waals surface area contributed by atoms with Gasteiger partial charge in [0.25, 0.3) is 0 Å². The first kappa shape index (κ1) is 12.3. The molecular formula is C14H12N2O2S. The first-order valence-corrected chi connectivity index (χ1v) is 6.90. The molecule has 1 atom stereocenters. The molecule has 0 aliphatic carbocycles. The van der Waals surface area contributed by atoms with Crippen LogP contribution in [0.15, 0.2) is 29.6 Å². The second-order valence-corrected chi connectivity index (χ2v) is 5.09. The van der Waals surface area contributed by atoms with Crippen molar-refractivity contribution in [3.05, 3.63) is 40.2 Å². The molecule has 0 radical (unpaired) electrons. The SMILES string of the molecule is N#Cc1cccc(-c2csc(C3COCCO3)n2)c1. The lowest BCUT2D eigenvalue weighted by Gasteiger charge is -2.20. The van der Waals surface area contributed by atoms with E-state index < -0.39 is 0 Å². The number of rotatable bonds is 2. The van der Waals surface area contributed by atoms with E-state index in [4.69, 9.17) is 14.7 Å². The number of aromatic nitrogens is 1. The average Bonchev–Trinajstić information content (AvgIpc) is 2.98. The molecule has 1 aliphatic rings. The van der Waals surface area contributed by atoms with Crippen molar-refractivity contribution in [3.8, 4) is 17.3 Å². The Labute approximate surface area is 115 Å². The molecule has 0 N–H and O–H groups in total. The van der Waals surface area contributed by atoms with Crippen LogP contribution in [0.1, 0.15) is 16.7 Å². The molecule has 0 saturated carbocycles. The number of hydrogen-bond acceptors (Lipinski definition) is 5. The average molecular weight is 272 g/mol. The monoisotopic (exact) mass is 272 g/mol. The number of thiazole rings is 1. The summed E-state index contributed by atoms with van der Waals surface area (Å²) < 4.78 is 11.0. The summed E-state index contributed by atoms with van der Waals surface area (Å²) in [6.45, 7) is 1.83. The Bertz CT molecular complexity index is 612. The third-order valence-corrected chi connectivity index (χ3v) is 3.84. The molecule has 0 spiro atoms. The van der Waals surface area contributed by atoms with Crippen molar-refractivity contribution < 1.29 is 9.47 Å². The van der Waals surface area contributed by atoms with E-state index in [9.17, 15) is 0 Å². The standard InChI is InChI=1S/C14H12N2O2S/c15-7-10-2-1-3-11(6-10)12-9-19-14(16-12)13-8-17-4-5-18-13/h1-3,6,9,13H,4-5,8H2. The van der Waals surface area contributed by atoms with Crippen molar-refractivity contribution in [1.82, 2.24) is 4.98 Å². The molecule has 1 fully saturated rings. The minimum absolute atomic E-state index is 0.0633.